The molecule has 3 N–H and O–H groups in total. The maximum absolute atomic E-state index is 13.2. The second-order valence-electron chi connectivity index (χ2n) is 8.40. The van der Waals surface area contributed by atoms with Crippen LogP contribution in [0.1, 0.15) is 31.1 Å². The molecule has 0 fully saturated rings. The van der Waals surface area contributed by atoms with Gasteiger partial charge in [0.05, 0.1) is 52.5 Å². The predicted octanol–water partition coefficient (Wildman–Crippen LogP) is 5.01. The Morgan fingerprint density at radius 3 is 2.31 bits per heavy atom. The van der Waals surface area contributed by atoms with Gasteiger partial charge in [-0.1, -0.05) is 42.1 Å². The summed E-state index contributed by atoms with van der Waals surface area (Å²) in [5, 5.41) is 19.3. The third kappa shape index (κ3) is 6.58. The molecular formula is C29H26N4O5S. The second-order valence-corrected chi connectivity index (χ2v) is 9.38. The molecule has 2 amide bonds. The lowest BCUT2D eigenvalue weighted by molar-refractivity contribution is -0.138. The highest BCUT2D eigenvalue weighted by Crippen LogP contribution is 2.43. The van der Waals surface area contributed by atoms with E-state index in [1.54, 1.807) is 43.3 Å². The zero-order chi connectivity index (χ0) is 27.8. The van der Waals surface area contributed by atoms with Crippen molar-refractivity contribution < 1.29 is 23.5 Å². The van der Waals surface area contributed by atoms with Gasteiger partial charge in [0.1, 0.15) is 5.76 Å². The molecule has 0 bridgehead atoms. The zero-order valence-electron chi connectivity index (χ0n) is 21.3. The smallest absolute Gasteiger partial charge is 0.337 e. The van der Waals surface area contributed by atoms with Gasteiger partial charge in [-0.25, -0.2) is 4.79 Å². The van der Waals surface area contributed by atoms with Crippen LogP contribution in [0.4, 0.5) is 11.4 Å². The van der Waals surface area contributed by atoms with Crippen molar-refractivity contribution in [3.8, 4) is 6.07 Å². The molecule has 0 unspecified atom stereocenters. The topological polar surface area (TPSA) is 133 Å². The van der Waals surface area contributed by atoms with Crippen LogP contribution in [0.25, 0.3) is 5.70 Å². The number of furan rings is 1. The Balaban J connectivity index is 1.63. The van der Waals surface area contributed by atoms with Crippen molar-refractivity contribution in [3.63, 3.8) is 0 Å². The monoisotopic (exact) mass is 542 g/mol. The average Bonchev–Trinajstić information content (AvgIpc) is 3.47. The molecule has 198 valence electrons. The number of dihydropyridines is 1. The van der Waals surface area contributed by atoms with Crippen LogP contribution >= 0.6 is 11.8 Å². The lowest BCUT2D eigenvalue weighted by Crippen LogP contribution is -2.29. The van der Waals surface area contributed by atoms with Gasteiger partial charge in [-0.2, -0.15) is 5.26 Å². The molecule has 4 rings (SSSR count). The number of amides is 2. The second kappa shape index (κ2) is 12.7. The molecule has 1 atom stereocenters. The Bertz CT molecular complexity index is 1460. The summed E-state index contributed by atoms with van der Waals surface area (Å²) >= 11 is 1.14. The first-order valence-electron chi connectivity index (χ1n) is 12.1. The van der Waals surface area contributed by atoms with Crippen LogP contribution in [0, 0.1) is 11.3 Å². The van der Waals surface area contributed by atoms with E-state index in [0.29, 0.717) is 27.9 Å². The minimum Gasteiger partial charge on any atom is -0.468 e. The van der Waals surface area contributed by atoms with Crippen molar-refractivity contribution in [2.24, 2.45) is 0 Å². The number of thioether (sulfide) groups is 1. The Morgan fingerprint density at radius 2 is 1.72 bits per heavy atom. The van der Waals surface area contributed by atoms with E-state index in [2.05, 4.69) is 22.0 Å². The summed E-state index contributed by atoms with van der Waals surface area (Å²) in [6.07, 6.45) is 1.48. The molecule has 2 heterocycles. The molecule has 0 aliphatic carbocycles. The third-order valence-corrected chi connectivity index (χ3v) is 6.69. The number of benzene rings is 2. The fraction of sp³-hybridized carbons (Fsp3) is 0.172. The number of anilines is 2. The Labute approximate surface area is 229 Å². The number of nitriles is 1. The molecule has 1 aromatic heterocycles. The molecule has 0 spiro atoms. The van der Waals surface area contributed by atoms with Gasteiger partial charge in [-0.15, -0.1) is 0 Å². The Hall–Kier alpha value is -4.75. The van der Waals surface area contributed by atoms with Crippen molar-refractivity contribution in [3.05, 3.63) is 100 Å². The van der Waals surface area contributed by atoms with E-state index < -0.39 is 11.9 Å². The molecule has 1 aliphatic rings. The highest BCUT2D eigenvalue weighted by molar-refractivity contribution is 8.03. The first kappa shape index (κ1) is 27.3. The van der Waals surface area contributed by atoms with Crippen LogP contribution in [0.5, 0.6) is 0 Å². The fourth-order valence-electron chi connectivity index (χ4n) is 4.07. The summed E-state index contributed by atoms with van der Waals surface area (Å²) in [5.74, 6) is -1.48. The van der Waals surface area contributed by atoms with E-state index in [4.69, 9.17) is 9.15 Å². The van der Waals surface area contributed by atoms with E-state index in [1.807, 2.05) is 30.3 Å². The van der Waals surface area contributed by atoms with E-state index in [0.717, 1.165) is 17.3 Å². The van der Waals surface area contributed by atoms with Gasteiger partial charge in [0.15, 0.2) is 0 Å². The number of carbonyl (C=O) groups is 3. The highest BCUT2D eigenvalue weighted by atomic mass is 32.2. The normalized spacial score (nSPS) is 14.7. The van der Waals surface area contributed by atoms with Gasteiger partial charge in [0.25, 0.3) is 0 Å². The standard InChI is InChI=1S/C29H26N4O5S/c1-3-37-29(36)26-25(23-10-7-15-38-23)22(16-30)28(33-27(26)19-8-5-4-6-9-19)39-17-24(35)32-21-13-11-20(12-14-21)31-18(2)34/h4-15,25,33H,3,17H2,1-2H3,(H,31,34)(H,32,35)/t25-/m1/s1. The lowest BCUT2D eigenvalue weighted by atomic mass is 9.84. The van der Waals surface area contributed by atoms with Gasteiger partial charge in [-0.3, -0.25) is 9.59 Å². The van der Waals surface area contributed by atoms with E-state index in [9.17, 15) is 19.6 Å². The van der Waals surface area contributed by atoms with Crippen molar-refractivity contribution in [1.82, 2.24) is 5.32 Å². The van der Waals surface area contributed by atoms with Gasteiger partial charge in [0.2, 0.25) is 11.8 Å². The largest absolute Gasteiger partial charge is 0.468 e. The SMILES string of the molecule is CCOC(=O)C1=C(c2ccccc2)NC(SCC(=O)Nc2ccc(NC(C)=O)cc2)=C(C#N)[C@@H]1c1ccco1. The molecular weight excluding hydrogens is 516 g/mol. The van der Waals surface area contributed by atoms with Crippen molar-refractivity contribution in [1.29, 1.82) is 5.26 Å². The van der Waals surface area contributed by atoms with Crippen LogP contribution in [0.3, 0.4) is 0 Å². The van der Waals surface area contributed by atoms with Gasteiger partial charge in [-0.05, 0) is 48.9 Å². The first-order valence-corrected chi connectivity index (χ1v) is 13.1. The molecule has 0 saturated heterocycles. The summed E-state index contributed by atoms with van der Waals surface area (Å²) < 4.78 is 11.0. The summed E-state index contributed by atoms with van der Waals surface area (Å²) in [7, 11) is 0. The molecule has 0 radical (unpaired) electrons. The first-order chi connectivity index (χ1) is 18.9. The van der Waals surface area contributed by atoms with E-state index in [1.165, 1.54) is 13.2 Å². The minimum atomic E-state index is -0.826. The van der Waals surface area contributed by atoms with Crippen molar-refractivity contribution >= 4 is 46.6 Å². The average molecular weight is 543 g/mol. The molecule has 9 nitrogen and oxygen atoms in total. The Morgan fingerprint density at radius 1 is 1.03 bits per heavy atom. The number of nitrogens with one attached hydrogen (secondary N) is 3. The summed E-state index contributed by atoms with van der Waals surface area (Å²) in [6.45, 7) is 3.29. The number of nitrogens with zero attached hydrogens (tertiary/aromatic N) is 1. The number of esters is 1. The van der Waals surface area contributed by atoms with Crippen molar-refractivity contribution in [2.75, 3.05) is 23.0 Å². The van der Waals surface area contributed by atoms with Gasteiger partial charge >= 0.3 is 5.97 Å². The molecule has 0 saturated carbocycles. The van der Waals surface area contributed by atoms with Crippen LogP contribution in [-0.2, 0) is 19.1 Å². The number of rotatable bonds is 9. The summed E-state index contributed by atoms with van der Waals surface area (Å²) in [4.78, 5) is 37.2. The maximum Gasteiger partial charge on any atom is 0.337 e. The number of hydrogen-bond donors (Lipinski definition) is 3. The number of carbonyl (C=O) groups excluding carboxylic acids is 3. The molecule has 10 heteroatoms. The van der Waals surface area contributed by atoms with Crippen molar-refractivity contribution in [2.45, 2.75) is 19.8 Å². The maximum atomic E-state index is 13.2. The molecule has 1 aliphatic heterocycles. The zero-order valence-corrected chi connectivity index (χ0v) is 22.1. The molecule has 39 heavy (non-hydrogen) atoms. The molecule has 2 aromatic carbocycles. The summed E-state index contributed by atoms with van der Waals surface area (Å²) in [6, 6.07) is 21.6. The predicted molar refractivity (Wildman–Crippen MR) is 149 cm³/mol. The van der Waals surface area contributed by atoms with Crippen LogP contribution in [0.15, 0.2) is 93.6 Å². The number of ether oxygens (including phenoxy) is 1. The van der Waals surface area contributed by atoms with Gasteiger partial charge in [0, 0.05) is 18.3 Å². The quantitative estimate of drug-likeness (QED) is 0.322. The van der Waals surface area contributed by atoms with E-state index in [-0.39, 0.29) is 35.3 Å². The lowest BCUT2D eigenvalue weighted by Gasteiger charge is -2.29. The third-order valence-electron chi connectivity index (χ3n) is 5.67. The van der Waals surface area contributed by atoms with E-state index >= 15 is 0 Å². The van der Waals surface area contributed by atoms with Gasteiger partial charge < -0.3 is 25.1 Å². The summed E-state index contributed by atoms with van der Waals surface area (Å²) in [5.41, 5.74) is 2.87. The van der Waals surface area contributed by atoms with Crippen LogP contribution in [-0.4, -0.2) is 30.1 Å². The fourth-order valence-corrected chi connectivity index (χ4v) is 4.91. The number of hydrogen-bond acceptors (Lipinski definition) is 8. The molecule has 3 aromatic rings. The van der Waals surface area contributed by atoms with Crippen LogP contribution < -0.4 is 16.0 Å². The Kier molecular flexibility index (Phi) is 8.86. The van der Waals surface area contributed by atoms with Crippen LogP contribution in [0.2, 0.25) is 0 Å². The number of allylic oxidation sites excluding steroid dienone is 1. The minimum absolute atomic E-state index is 0.0113. The highest BCUT2D eigenvalue weighted by Gasteiger charge is 2.38.